The molecule has 0 unspecified atom stereocenters. The number of halogens is 5. The summed E-state index contributed by atoms with van der Waals surface area (Å²) < 4.78 is 35.4. The van der Waals surface area contributed by atoms with E-state index in [0.717, 1.165) is 0 Å². The molecule has 15 heavy (non-hydrogen) atoms. The molecule has 0 amide bonds. The topological polar surface area (TPSA) is 24.9 Å². The van der Waals surface area contributed by atoms with Crippen LogP contribution in [0.25, 0.3) is 0 Å². The number of nitrogens with one attached hydrogen (secondary N) is 1. The van der Waals surface area contributed by atoms with E-state index >= 15 is 0 Å². The second kappa shape index (κ2) is 4.90. The van der Waals surface area contributed by atoms with Crippen LogP contribution in [0.5, 0.6) is 0 Å². The Morgan fingerprint density at radius 2 is 2.00 bits per heavy atom. The fraction of sp³-hybridized carbons (Fsp3) is 0.375. The van der Waals surface area contributed by atoms with Crippen LogP contribution in [0.4, 0.5) is 19.0 Å². The van der Waals surface area contributed by atoms with Gasteiger partial charge in [0.05, 0.1) is 16.5 Å². The van der Waals surface area contributed by atoms with Crippen LogP contribution in [0.15, 0.2) is 12.3 Å². The maximum absolute atomic E-state index is 11.8. The first-order valence-electron chi connectivity index (χ1n) is 4.00. The Labute approximate surface area is 94.4 Å². The largest absolute Gasteiger partial charge is 0.390 e. The van der Waals surface area contributed by atoms with Crippen molar-refractivity contribution in [3.05, 3.63) is 22.3 Å². The number of alkyl halides is 3. The molecule has 0 atom stereocenters. The molecule has 1 rings (SSSR count). The highest BCUT2D eigenvalue weighted by molar-refractivity contribution is 6.35. The third-order valence-electron chi connectivity index (χ3n) is 1.51. The summed E-state index contributed by atoms with van der Waals surface area (Å²) in [6.45, 7) is -0.266. The molecule has 0 fully saturated rings. The average Bonchev–Trinajstić information content (AvgIpc) is 2.07. The van der Waals surface area contributed by atoms with E-state index in [9.17, 15) is 13.2 Å². The summed E-state index contributed by atoms with van der Waals surface area (Å²) in [5.74, 6) is 0.199. The molecule has 0 radical (unpaired) electrons. The number of rotatable bonds is 3. The zero-order valence-corrected chi connectivity index (χ0v) is 8.92. The first-order chi connectivity index (χ1) is 6.88. The lowest BCUT2D eigenvalue weighted by atomic mass is 10.4. The lowest BCUT2D eigenvalue weighted by Gasteiger charge is -2.09. The van der Waals surface area contributed by atoms with Crippen molar-refractivity contribution in [2.75, 3.05) is 11.9 Å². The summed E-state index contributed by atoms with van der Waals surface area (Å²) in [6.07, 6.45) is -3.82. The summed E-state index contributed by atoms with van der Waals surface area (Å²) in [7, 11) is 0. The minimum atomic E-state index is -4.19. The van der Waals surface area contributed by atoms with Gasteiger partial charge in [-0.05, 0) is 6.07 Å². The second-order valence-electron chi connectivity index (χ2n) is 2.78. The van der Waals surface area contributed by atoms with Crippen molar-refractivity contribution < 1.29 is 13.2 Å². The van der Waals surface area contributed by atoms with E-state index in [1.807, 2.05) is 0 Å². The molecule has 1 N–H and O–H groups in total. The van der Waals surface area contributed by atoms with Crippen LogP contribution in [0.1, 0.15) is 6.42 Å². The van der Waals surface area contributed by atoms with E-state index < -0.39 is 12.6 Å². The van der Waals surface area contributed by atoms with Gasteiger partial charge in [-0.2, -0.15) is 13.2 Å². The van der Waals surface area contributed by atoms with E-state index in [4.69, 9.17) is 23.2 Å². The van der Waals surface area contributed by atoms with Gasteiger partial charge in [-0.1, -0.05) is 23.2 Å². The van der Waals surface area contributed by atoms with Crippen LogP contribution in [0.3, 0.4) is 0 Å². The van der Waals surface area contributed by atoms with Crippen LogP contribution < -0.4 is 5.32 Å². The molecule has 0 aliphatic rings. The zero-order chi connectivity index (χ0) is 11.5. The number of pyridine rings is 1. The van der Waals surface area contributed by atoms with Gasteiger partial charge in [-0.15, -0.1) is 0 Å². The Morgan fingerprint density at radius 1 is 1.33 bits per heavy atom. The smallest absolute Gasteiger partial charge is 0.368 e. The van der Waals surface area contributed by atoms with Crippen molar-refractivity contribution in [1.82, 2.24) is 4.98 Å². The number of hydrogen-bond donors (Lipinski definition) is 1. The van der Waals surface area contributed by atoms with Crippen molar-refractivity contribution in [2.24, 2.45) is 0 Å². The zero-order valence-electron chi connectivity index (χ0n) is 7.41. The van der Waals surface area contributed by atoms with E-state index in [0.29, 0.717) is 5.02 Å². The highest BCUT2D eigenvalue weighted by Gasteiger charge is 2.26. The summed E-state index contributed by atoms with van der Waals surface area (Å²) in [5.41, 5.74) is 0. The van der Waals surface area contributed by atoms with Crippen LogP contribution in [0.2, 0.25) is 10.0 Å². The van der Waals surface area contributed by atoms with Gasteiger partial charge in [-0.3, -0.25) is 0 Å². The lowest BCUT2D eigenvalue weighted by molar-refractivity contribution is -0.131. The Morgan fingerprint density at radius 3 is 2.53 bits per heavy atom. The number of aromatic nitrogens is 1. The van der Waals surface area contributed by atoms with E-state index in [1.54, 1.807) is 0 Å². The van der Waals surface area contributed by atoms with E-state index in [-0.39, 0.29) is 17.4 Å². The van der Waals surface area contributed by atoms with Gasteiger partial charge in [0, 0.05) is 12.7 Å². The third-order valence-corrected chi connectivity index (χ3v) is 2.00. The Hall–Kier alpha value is -0.680. The molecule has 0 bridgehead atoms. The first kappa shape index (κ1) is 12.4. The Bertz CT molecular complexity index is 341. The average molecular weight is 259 g/mol. The fourth-order valence-electron chi connectivity index (χ4n) is 0.867. The Balaban J connectivity index is 2.51. The fourth-order valence-corrected chi connectivity index (χ4v) is 1.31. The highest BCUT2D eigenvalue weighted by atomic mass is 35.5. The lowest BCUT2D eigenvalue weighted by Crippen LogP contribution is -2.15. The molecule has 1 aromatic heterocycles. The standard InChI is InChI=1S/C8H7Cl2F3N2/c9-5-3-6(10)7(15-4-5)14-2-1-8(11,12)13/h3-4H,1-2H2,(H,14,15). The van der Waals surface area contributed by atoms with Gasteiger partial charge in [0.2, 0.25) is 0 Å². The quantitative estimate of drug-likeness (QED) is 0.894. The summed E-state index contributed by atoms with van der Waals surface area (Å²) in [6, 6.07) is 1.41. The van der Waals surface area contributed by atoms with E-state index in [2.05, 4.69) is 10.3 Å². The Kier molecular flexibility index (Phi) is 4.04. The normalized spacial score (nSPS) is 11.5. The van der Waals surface area contributed by atoms with Crippen molar-refractivity contribution in [3.63, 3.8) is 0 Å². The molecule has 0 spiro atoms. The molecule has 0 saturated heterocycles. The summed E-state index contributed by atoms with van der Waals surface area (Å²) in [5, 5.41) is 3.01. The van der Waals surface area contributed by atoms with Gasteiger partial charge >= 0.3 is 6.18 Å². The van der Waals surface area contributed by atoms with Gasteiger partial charge < -0.3 is 5.32 Å². The molecule has 0 aromatic carbocycles. The third kappa shape index (κ3) is 4.57. The molecule has 84 valence electrons. The number of hydrogen-bond acceptors (Lipinski definition) is 2. The van der Waals surface area contributed by atoms with Gasteiger partial charge in [0.1, 0.15) is 5.82 Å². The van der Waals surface area contributed by atoms with Crippen LogP contribution >= 0.6 is 23.2 Å². The van der Waals surface area contributed by atoms with Crippen molar-refractivity contribution >= 4 is 29.0 Å². The highest BCUT2D eigenvalue weighted by Crippen LogP contribution is 2.24. The number of anilines is 1. The SMILES string of the molecule is FC(F)(F)CCNc1ncc(Cl)cc1Cl. The molecule has 7 heteroatoms. The molecule has 1 heterocycles. The van der Waals surface area contributed by atoms with Gasteiger partial charge in [-0.25, -0.2) is 4.98 Å². The first-order valence-corrected chi connectivity index (χ1v) is 4.76. The minimum Gasteiger partial charge on any atom is -0.368 e. The van der Waals surface area contributed by atoms with Crippen LogP contribution in [-0.2, 0) is 0 Å². The summed E-state index contributed by atoms with van der Waals surface area (Å²) in [4.78, 5) is 3.76. The van der Waals surface area contributed by atoms with Gasteiger partial charge in [0.15, 0.2) is 0 Å². The summed E-state index contributed by atoms with van der Waals surface area (Å²) >= 11 is 11.3. The van der Waals surface area contributed by atoms with Crippen LogP contribution in [-0.4, -0.2) is 17.7 Å². The van der Waals surface area contributed by atoms with Gasteiger partial charge in [0.25, 0.3) is 0 Å². The van der Waals surface area contributed by atoms with Crippen LogP contribution in [0, 0.1) is 0 Å². The molecular weight excluding hydrogens is 252 g/mol. The predicted octanol–water partition coefficient (Wildman–Crippen LogP) is 3.75. The molecule has 2 nitrogen and oxygen atoms in total. The molecule has 0 aliphatic carbocycles. The van der Waals surface area contributed by atoms with Crippen molar-refractivity contribution in [2.45, 2.75) is 12.6 Å². The number of nitrogens with zero attached hydrogens (tertiary/aromatic N) is 1. The molecule has 0 saturated carbocycles. The maximum Gasteiger partial charge on any atom is 0.390 e. The minimum absolute atomic E-state index is 0.199. The molecule has 0 aliphatic heterocycles. The van der Waals surface area contributed by atoms with Crippen molar-refractivity contribution in [1.29, 1.82) is 0 Å². The maximum atomic E-state index is 11.8. The molecular formula is C8H7Cl2F3N2. The van der Waals surface area contributed by atoms with E-state index in [1.165, 1.54) is 12.3 Å². The second-order valence-corrected chi connectivity index (χ2v) is 3.62. The monoisotopic (exact) mass is 258 g/mol. The molecule has 1 aromatic rings. The van der Waals surface area contributed by atoms with Crippen molar-refractivity contribution in [3.8, 4) is 0 Å². The predicted molar refractivity (Wildman–Crippen MR) is 53.4 cm³/mol.